The molecular formula is C21H52B6. The second-order valence-electron chi connectivity index (χ2n) is 5.41. The average molecular weight is 370 g/mol. The Balaban J connectivity index is -0.0000000256. The van der Waals surface area contributed by atoms with Crippen molar-refractivity contribution in [3.63, 3.8) is 0 Å². The summed E-state index contributed by atoms with van der Waals surface area (Å²) in [6, 6.07) is 0. The largest absolute Gasteiger partial charge is 0.121 e. The second kappa shape index (κ2) is 111. The highest BCUT2D eigenvalue weighted by Crippen LogP contribution is 1.84. The van der Waals surface area contributed by atoms with E-state index in [1.165, 1.54) is 32.1 Å². The molecule has 0 aromatic carbocycles. The molecule has 6 heteroatoms. The maximum absolute atomic E-state index is 5.11. The lowest BCUT2D eigenvalue weighted by atomic mass is 9.88. The molecule has 0 rings (SSSR count). The van der Waals surface area contributed by atoms with E-state index in [1.807, 2.05) is 34.6 Å². The van der Waals surface area contributed by atoms with Gasteiger partial charge in [0, 0.05) is 0 Å². The van der Waals surface area contributed by atoms with Crippen molar-refractivity contribution in [3.05, 3.63) is 0 Å². The standard InChI is InChI=1S/2C4H10.C3H7B.C3H8.3C2H5B.CH2B2/c2*1-3-4-2;1-3(2)4;1-3-2;3*1-2-3;2-1-3/h2*3-4H2,1-2H3;3H,1-2H3;3H2,1-2H3;3*2H2,1H3;1H2. The molecule has 0 aromatic rings. The van der Waals surface area contributed by atoms with E-state index in [-0.39, 0.29) is 6.22 Å². The van der Waals surface area contributed by atoms with Crippen LogP contribution in [0.3, 0.4) is 0 Å². The van der Waals surface area contributed by atoms with Crippen LogP contribution in [0.5, 0.6) is 0 Å². The summed E-state index contributed by atoms with van der Waals surface area (Å²) in [5.41, 5.74) is 0. The summed E-state index contributed by atoms with van der Waals surface area (Å²) in [5, 5.41) is 0. The van der Waals surface area contributed by atoms with Gasteiger partial charge in [0.15, 0.2) is 0 Å². The Morgan fingerprint density at radius 3 is 0.519 bits per heavy atom. The van der Waals surface area contributed by atoms with E-state index >= 15 is 0 Å². The third kappa shape index (κ3) is 2750. The Morgan fingerprint density at radius 2 is 0.519 bits per heavy atom. The SMILES string of the molecule is CCC.CCCC.CCCC.[B]C(C)C.[B]CC.[B]CC.[B]CC.[B]C[B]. The molecule has 0 heterocycles. The molecule has 0 bridgehead atoms. The Kier molecular flexibility index (Phi) is 208. The Hall–Kier alpha value is 0.390. The van der Waals surface area contributed by atoms with Crippen molar-refractivity contribution < 1.29 is 0 Å². The lowest BCUT2D eigenvalue weighted by molar-refractivity contribution is 0.886. The van der Waals surface area contributed by atoms with Crippen molar-refractivity contribution in [2.45, 2.75) is 139 Å². The molecular weight excluding hydrogens is 317 g/mol. The van der Waals surface area contributed by atoms with Gasteiger partial charge in [-0.25, -0.2) is 0 Å². The number of unbranched alkanes of at least 4 members (excludes halogenated alkanes) is 2. The zero-order valence-electron chi connectivity index (χ0n) is 21.4. The fourth-order valence-corrected chi connectivity index (χ4v) is 0. The molecule has 0 saturated carbocycles. The zero-order chi connectivity index (χ0) is 23.9. The molecule has 0 aliphatic heterocycles. The lowest BCUT2D eigenvalue weighted by Gasteiger charge is -1.79. The van der Waals surface area contributed by atoms with Crippen LogP contribution in [0.4, 0.5) is 0 Å². The van der Waals surface area contributed by atoms with E-state index in [9.17, 15) is 0 Å². The van der Waals surface area contributed by atoms with Gasteiger partial charge in [0.05, 0.1) is 47.1 Å². The van der Waals surface area contributed by atoms with Gasteiger partial charge in [-0.15, -0.1) is 6.22 Å². The average Bonchev–Trinajstić information content (AvgIpc) is 2.58. The van der Waals surface area contributed by atoms with Gasteiger partial charge in [-0.1, -0.05) is 133 Å². The van der Waals surface area contributed by atoms with Crippen LogP contribution in [-0.2, 0) is 0 Å². The zero-order valence-corrected chi connectivity index (χ0v) is 21.4. The fourth-order valence-electron chi connectivity index (χ4n) is 0. The predicted octanol–water partition coefficient (Wildman–Crippen LogP) is 7.49. The van der Waals surface area contributed by atoms with Crippen LogP contribution >= 0.6 is 0 Å². The van der Waals surface area contributed by atoms with Crippen molar-refractivity contribution in [1.82, 2.24) is 0 Å². The molecule has 0 aromatic heterocycles. The van der Waals surface area contributed by atoms with Crippen molar-refractivity contribution in [2.24, 2.45) is 0 Å². The Bertz CT molecular complexity index is 82.3. The summed E-state index contributed by atoms with van der Waals surface area (Å²) in [6.07, 6.45) is 9.03. The van der Waals surface area contributed by atoms with Crippen molar-refractivity contribution in [1.29, 1.82) is 0 Å². The summed E-state index contributed by atoms with van der Waals surface area (Å²) >= 11 is 0. The summed E-state index contributed by atoms with van der Waals surface area (Å²) < 4.78 is 0. The second-order valence-corrected chi connectivity index (χ2v) is 5.41. The molecule has 12 radical (unpaired) electrons. The van der Waals surface area contributed by atoms with E-state index in [0.717, 1.165) is 19.0 Å². The molecule has 0 aliphatic carbocycles. The topological polar surface area (TPSA) is 0 Å². The van der Waals surface area contributed by atoms with Gasteiger partial charge in [-0.05, 0) is 0 Å². The van der Waals surface area contributed by atoms with E-state index in [2.05, 4.69) is 57.2 Å². The minimum atomic E-state index is 0.250. The Labute approximate surface area is 186 Å². The summed E-state index contributed by atoms with van der Waals surface area (Å²) in [7, 11) is 28.9. The molecule has 0 amide bonds. The molecule has 0 nitrogen and oxygen atoms in total. The van der Waals surface area contributed by atoms with E-state index in [4.69, 9.17) is 31.4 Å². The quantitative estimate of drug-likeness (QED) is 0.442. The first-order chi connectivity index (χ1) is 12.6. The lowest BCUT2D eigenvalue weighted by Crippen LogP contribution is -1.67. The first kappa shape index (κ1) is 50.7. The number of hydrogen-bond donors (Lipinski definition) is 0. The number of rotatable bonds is 2. The highest BCUT2D eigenvalue weighted by atomic mass is 13.6. The van der Waals surface area contributed by atoms with Crippen LogP contribution in [0, 0.1) is 0 Å². The fraction of sp³-hybridized carbons (Fsp3) is 1.00. The predicted molar refractivity (Wildman–Crippen MR) is 143 cm³/mol. The third-order valence-corrected chi connectivity index (χ3v) is 1.000. The van der Waals surface area contributed by atoms with Crippen LogP contribution in [0.15, 0.2) is 0 Å². The Morgan fingerprint density at radius 1 is 0.481 bits per heavy atom. The molecule has 0 saturated heterocycles. The first-order valence-electron chi connectivity index (χ1n) is 10.9. The van der Waals surface area contributed by atoms with Crippen LogP contribution < -0.4 is 0 Å². The van der Waals surface area contributed by atoms with Gasteiger partial charge in [-0.2, -0.15) is 0 Å². The highest BCUT2D eigenvalue weighted by Gasteiger charge is 1.68. The summed E-state index contributed by atoms with van der Waals surface area (Å²) in [5.74, 6) is 0.333. The van der Waals surface area contributed by atoms with Crippen molar-refractivity contribution >= 4 is 47.1 Å². The molecule has 0 fully saturated rings. The number of hydrogen-bond acceptors (Lipinski definition) is 0. The normalized spacial score (nSPS) is 6.67. The van der Waals surface area contributed by atoms with Crippen LogP contribution in [0.2, 0.25) is 31.0 Å². The highest BCUT2D eigenvalue weighted by molar-refractivity contribution is 6.31. The van der Waals surface area contributed by atoms with Crippen molar-refractivity contribution in [2.75, 3.05) is 0 Å². The molecule has 0 unspecified atom stereocenters. The molecule has 0 aliphatic rings. The maximum Gasteiger partial charge on any atom is 0.0692 e. The van der Waals surface area contributed by atoms with Gasteiger partial charge in [0.2, 0.25) is 0 Å². The third-order valence-electron chi connectivity index (χ3n) is 1.000. The summed E-state index contributed by atoms with van der Waals surface area (Å²) in [6.45, 7) is 22.6. The molecule has 154 valence electrons. The molecule has 27 heavy (non-hydrogen) atoms. The minimum absolute atomic E-state index is 0.250. The molecule has 0 N–H and O–H groups in total. The summed E-state index contributed by atoms with van der Waals surface area (Å²) in [4.78, 5) is 0. The molecule has 0 atom stereocenters. The van der Waals surface area contributed by atoms with Gasteiger partial charge in [0.1, 0.15) is 0 Å². The molecule has 0 spiro atoms. The monoisotopic (exact) mass is 370 g/mol. The van der Waals surface area contributed by atoms with Crippen LogP contribution in [-0.4, -0.2) is 47.1 Å². The van der Waals surface area contributed by atoms with Gasteiger partial charge >= 0.3 is 0 Å². The first-order valence-corrected chi connectivity index (χ1v) is 10.9. The van der Waals surface area contributed by atoms with E-state index in [0.29, 0.717) is 5.82 Å². The van der Waals surface area contributed by atoms with Crippen molar-refractivity contribution in [3.8, 4) is 0 Å². The van der Waals surface area contributed by atoms with Crippen LogP contribution in [0.1, 0.15) is 108 Å². The van der Waals surface area contributed by atoms with E-state index in [1.54, 1.807) is 0 Å². The minimum Gasteiger partial charge on any atom is -0.121 e. The smallest absolute Gasteiger partial charge is 0.0692 e. The van der Waals surface area contributed by atoms with Gasteiger partial charge < -0.3 is 0 Å². The van der Waals surface area contributed by atoms with E-state index < -0.39 is 0 Å². The van der Waals surface area contributed by atoms with Crippen LogP contribution in [0.25, 0.3) is 0 Å². The van der Waals surface area contributed by atoms with Gasteiger partial charge in [0.25, 0.3) is 0 Å². The maximum atomic E-state index is 5.11. The van der Waals surface area contributed by atoms with Gasteiger partial charge in [-0.3, -0.25) is 0 Å².